The number of cyclic esters (lactones) is 1. The van der Waals surface area contributed by atoms with Gasteiger partial charge in [0, 0.05) is 18.0 Å². The molecule has 5 nitrogen and oxygen atoms in total. The maximum atomic E-state index is 11.3. The molecule has 0 bridgehead atoms. The van der Waals surface area contributed by atoms with Crippen LogP contribution in [0.1, 0.15) is 12.0 Å². The van der Waals surface area contributed by atoms with Crippen LogP contribution in [0, 0.1) is 0 Å². The average Bonchev–Trinajstić information content (AvgIpc) is 2.61. The maximum Gasteiger partial charge on any atom is 0.338 e. The van der Waals surface area contributed by atoms with Crippen molar-refractivity contribution < 1.29 is 19.4 Å². The summed E-state index contributed by atoms with van der Waals surface area (Å²) in [5.74, 6) is -1.81. The molecule has 0 amide bonds. The van der Waals surface area contributed by atoms with Crippen molar-refractivity contribution in [1.82, 2.24) is 0 Å². The number of carboxylic acid groups (broad SMARTS) is 1. The number of hydrogen-bond donors (Lipinski definition) is 0. The lowest BCUT2D eigenvalue weighted by atomic mass is 10.2. The predicted molar refractivity (Wildman–Crippen MR) is 52.5 cm³/mol. The summed E-state index contributed by atoms with van der Waals surface area (Å²) in [4.78, 5) is 25.5. The molecule has 0 aromatic heterocycles. The molecule has 1 atom stereocenters. The molecule has 0 fully saturated rings. The van der Waals surface area contributed by atoms with E-state index >= 15 is 0 Å². The largest absolute Gasteiger partial charge is 0.550 e. The molecule has 0 saturated carbocycles. The number of benzene rings is 1. The van der Waals surface area contributed by atoms with Gasteiger partial charge in [0.05, 0.1) is 0 Å². The first-order valence-electron chi connectivity index (χ1n) is 4.71. The third-order valence-electron chi connectivity index (χ3n) is 2.12. The lowest BCUT2D eigenvalue weighted by Crippen LogP contribution is -2.29. The Morgan fingerprint density at radius 2 is 2.06 bits per heavy atom. The standard InChI is InChI=1S/C11H9NO4/c13-9(14)6-8-11(15)16-10(12-8)7-4-2-1-3-5-7/h1-5,8H,6H2,(H,13,14)/p-1/t8-/m0/s1. The molecular weight excluding hydrogens is 210 g/mol. The number of aliphatic carboxylic acids is 1. The van der Waals surface area contributed by atoms with Gasteiger partial charge >= 0.3 is 5.97 Å². The minimum absolute atomic E-state index is 0.164. The normalized spacial score (nSPS) is 19.1. The van der Waals surface area contributed by atoms with Crippen LogP contribution in [-0.4, -0.2) is 23.9 Å². The molecule has 0 spiro atoms. The number of rotatable bonds is 3. The van der Waals surface area contributed by atoms with E-state index in [-0.39, 0.29) is 5.90 Å². The van der Waals surface area contributed by atoms with Crippen LogP contribution in [0.15, 0.2) is 35.3 Å². The van der Waals surface area contributed by atoms with Crippen molar-refractivity contribution in [1.29, 1.82) is 0 Å². The highest BCUT2D eigenvalue weighted by Crippen LogP contribution is 2.15. The quantitative estimate of drug-likeness (QED) is 0.640. The van der Waals surface area contributed by atoms with Crippen LogP contribution in [0.25, 0.3) is 0 Å². The number of carbonyl (C=O) groups is 2. The van der Waals surface area contributed by atoms with Crippen molar-refractivity contribution in [3.05, 3.63) is 35.9 Å². The average molecular weight is 218 g/mol. The summed E-state index contributed by atoms with van der Waals surface area (Å²) >= 11 is 0. The Bertz CT molecular complexity index is 452. The topological polar surface area (TPSA) is 78.8 Å². The van der Waals surface area contributed by atoms with E-state index in [4.69, 9.17) is 4.74 Å². The molecule has 1 aliphatic heterocycles. The number of aliphatic imine (C=N–C) groups is 1. The van der Waals surface area contributed by atoms with E-state index < -0.39 is 24.4 Å². The molecule has 0 saturated heterocycles. The Morgan fingerprint density at radius 1 is 1.38 bits per heavy atom. The van der Waals surface area contributed by atoms with Gasteiger partial charge in [0.25, 0.3) is 0 Å². The van der Waals surface area contributed by atoms with Crippen molar-refractivity contribution in [2.24, 2.45) is 4.99 Å². The minimum Gasteiger partial charge on any atom is -0.550 e. The first-order valence-corrected chi connectivity index (χ1v) is 4.71. The predicted octanol–water partition coefficient (Wildman–Crippen LogP) is -0.501. The molecule has 0 N–H and O–H groups in total. The Labute approximate surface area is 91.4 Å². The Hall–Kier alpha value is -2.17. The lowest BCUT2D eigenvalue weighted by Gasteiger charge is -2.02. The third-order valence-corrected chi connectivity index (χ3v) is 2.12. The van der Waals surface area contributed by atoms with Crippen LogP contribution in [0.2, 0.25) is 0 Å². The van der Waals surface area contributed by atoms with Gasteiger partial charge in [-0.1, -0.05) is 18.2 Å². The minimum atomic E-state index is -1.32. The fourth-order valence-electron chi connectivity index (χ4n) is 1.38. The summed E-state index contributed by atoms with van der Waals surface area (Å²) in [6.45, 7) is 0. The fourth-order valence-corrected chi connectivity index (χ4v) is 1.38. The zero-order valence-electron chi connectivity index (χ0n) is 8.25. The summed E-state index contributed by atoms with van der Waals surface area (Å²) < 4.78 is 4.88. The van der Waals surface area contributed by atoms with E-state index in [2.05, 4.69) is 4.99 Å². The van der Waals surface area contributed by atoms with E-state index in [1.807, 2.05) is 6.07 Å². The SMILES string of the molecule is O=C([O-])C[C@@H]1N=C(c2ccccc2)OC1=O. The third kappa shape index (κ3) is 2.08. The number of esters is 1. The highest BCUT2D eigenvalue weighted by Gasteiger charge is 2.29. The van der Waals surface area contributed by atoms with Gasteiger partial charge < -0.3 is 14.6 Å². The van der Waals surface area contributed by atoms with Gasteiger partial charge in [0.15, 0.2) is 6.04 Å². The van der Waals surface area contributed by atoms with Crippen LogP contribution < -0.4 is 5.11 Å². The summed E-state index contributed by atoms with van der Waals surface area (Å²) in [5.41, 5.74) is 0.650. The Balaban J connectivity index is 2.20. The second-order valence-electron chi connectivity index (χ2n) is 3.31. The summed E-state index contributed by atoms with van der Waals surface area (Å²) in [6, 6.07) is 7.84. The molecular formula is C11H8NO4-. The summed E-state index contributed by atoms with van der Waals surface area (Å²) in [7, 11) is 0. The molecule has 0 aliphatic carbocycles. The molecule has 16 heavy (non-hydrogen) atoms. The molecule has 0 radical (unpaired) electrons. The van der Waals surface area contributed by atoms with E-state index in [0.717, 1.165) is 0 Å². The Kier molecular flexibility index (Phi) is 2.68. The highest BCUT2D eigenvalue weighted by atomic mass is 16.6. The molecule has 1 aromatic rings. The van der Waals surface area contributed by atoms with Crippen molar-refractivity contribution in [3.8, 4) is 0 Å². The Morgan fingerprint density at radius 3 is 2.69 bits per heavy atom. The smallest absolute Gasteiger partial charge is 0.338 e. The van der Waals surface area contributed by atoms with Gasteiger partial charge in [-0.25, -0.2) is 9.79 Å². The van der Waals surface area contributed by atoms with E-state index in [1.165, 1.54) is 0 Å². The van der Waals surface area contributed by atoms with E-state index in [9.17, 15) is 14.7 Å². The number of carboxylic acids is 1. The fraction of sp³-hybridized carbons (Fsp3) is 0.182. The molecule has 2 rings (SSSR count). The molecule has 1 aromatic carbocycles. The molecule has 1 heterocycles. The van der Waals surface area contributed by atoms with Crippen molar-refractivity contribution in [3.63, 3.8) is 0 Å². The van der Waals surface area contributed by atoms with E-state index in [1.54, 1.807) is 24.3 Å². The molecule has 5 heteroatoms. The highest BCUT2D eigenvalue weighted by molar-refractivity contribution is 6.06. The van der Waals surface area contributed by atoms with Gasteiger partial charge in [-0.3, -0.25) is 0 Å². The van der Waals surface area contributed by atoms with Crippen molar-refractivity contribution in [2.75, 3.05) is 0 Å². The zero-order chi connectivity index (χ0) is 11.5. The van der Waals surface area contributed by atoms with Crippen LogP contribution >= 0.6 is 0 Å². The lowest BCUT2D eigenvalue weighted by molar-refractivity contribution is -0.306. The van der Waals surface area contributed by atoms with Crippen LogP contribution in [0.3, 0.4) is 0 Å². The monoisotopic (exact) mass is 218 g/mol. The van der Waals surface area contributed by atoms with Gasteiger partial charge in [-0.2, -0.15) is 0 Å². The summed E-state index contributed by atoms with van der Waals surface area (Å²) in [6.07, 6.45) is -0.449. The van der Waals surface area contributed by atoms with Gasteiger partial charge in [0.1, 0.15) is 0 Å². The van der Waals surface area contributed by atoms with Crippen molar-refractivity contribution in [2.45, 2.75) is 12.5 Å². The number of nitrogens with zero attached hydrogens (tertiary/aromatic N) is 1. The second kappa shape index (κ2) is 4.14. The maximum absolute atomic E-state index is 11.3. The van der Waals surface area contributed by atoms with Crippen LogP contribution in [-0.2, 0) is 14.3 Å². The second-order valence-corrected chi connectivity index (χ2v) is 3.31. The number of hydrogen-bond acceptors (Lipinski definition) is 5. The van der Waals surface area contributed by atoms with Gasteiger partial charge in [-0.05, 0) is 12.1 Å². The molecule has 82 valence electrons. The van der Waals surface area contributed by atoms with Crippen LogP contribution in [0.5, 0.6) is 0 Å². The van der Waals surface area contributed by atoms with Crippen molar-refractivity contribution >= 4 is 17.8 Å². The van der Waals surface area contributed by atoms with E-state index in [0.29, 0.717) is 5.56 Å². The van der Waals surface area contributed by atoms with Gasteiger partial charge in [-0.15, -0.1) is 0 Å². The number of carbonyl (C=O) groups excluding carboxylic acids is 2. The van der Waals surface area contributed by atoms with Gasteiger partial charge in [0.2, 0.25) is 5.90 Å². The summed E-state index contributed by atoms with van der Waals surface area (Å²) in [5, 5.41) is 10.4. The molecule has 1 aliphatic rings. The zero-order valence-corrected chi connectivity index (χ0v) is 8.25. The van der Waals surface area contributed by atoms with Crippen LogP contribution in [0.4, 0.5) is 0 Å². The first-order chi connectivity index (χ1) is 7.66. The molecule has 0 unspecified atom stereocenters. The number of ether oxygens (including phenoxy) is 1. The first kappa shape index (κ1) is 10.4.